The van der Waals surface area contributed by atoms with Crippen molar-refractivity contribution in [1.29, 1.82) is 0 Å². The molecule has 2 aliphatic heterocycles. The highest BCUT2D eigenvalue weighted by atomic mass is 35.5. The fraction of sp³-hybridized carbons (Fsp3) is 0.500. The highest BCUT2D eigenvalue weighted by Gasteiger charge is 2.59. The molecule has 8 nitrogen and oxygen atoms in total. The minimum Gasteiger partial charge on any atom is -0.477 e. The lowest BCUT2D eigenvalue weighted by Crippen LogP contribution is -2.68. The Labute approximate surface area is 118 Å². The molecule has 0 bridgehead atoms. The summed E-state index contributed by atoms with van der Waals surface area (Å²) in [5, 5.41) is 6.48. The van der Waals surface area contributed by atoms with Gasteiger partial charge in [0, 0.05) is 12.5 Å². The summed E-state index contributed by atoms with van der Waals surface area (Å²) in [6.07, 6.45) is 0. The number of carboxylic acids is 1. The SMILES string of the molecule is CC(=O)OCC1=C(C(=O)O)N2C(=O)[C@H](Cl)[C@@H]2S(=O)(=O)C1. The van der Waals surface area contributed by atoms with Gasteiger partial charge in [-0.2, -0.15) is 0 Å². The zero-order valence-corrected chi connectivity index (χ0v) is 11.8. The maximum atomic E-state index is 12.0. The number of β-lactam (4-membered cyclic amide) rings is 1. The molecule has 0 saturated carbocycles. The lowest BCUT2D eigenvalue weighted by molar-refractivity contribution is -0.146. The van der Waals surface area contributed by atoms with Crippen LogP contribution in [-0.2, 0) is 29.0 Å². The quantitative estimate of drug-likeness (QED) is 0.406. The fourth-order valence-electron chi connectivity index (χ4n) is 2.13. The molecule has 0 spiro atoms. The van der Waals surface area contributed by atoms with E-state index < -0.39 is 56.5 Å². The number of halogens is 1. The number of hydrogen-bond donors (Lipinski definition) is 1. The Morgan fingerprint density at radius 1 is 1.50 bits per heavy atom. The number of fused-ring (bicyclic) bond motifs is 1. The van der Waals surface area contributed by atoms with Gasteiger partial charge in [0.25, 0.3) is 0 Å². The van der Waals surface area contributed by atoms with Crippen LogP contribution in [0.25, 0.3) is 0 Å². The second-order valence-electron chi connectivity index (χ2n) is 4.35. The van der Waals surface area contributed by atoms with Crippen molar-refractivity contribution in [2.45, 2.75) is 17.7 Å². The monoisotopic (exact) mass is 323 g/mol. The van der Waals surface area contributed by atoms with Crippen molar-refractivity contribution in [2.75, 3.05) is 12.4 Å². The molecule has 0 radical (unpaired) electrons. The third kappa shape index (κ3) is 2.16. The van der Waals surface area contributed by atoms with Crippen molar-refractivity contribution in [2.24, 2.45) is 0 Å². The van der Waals surface area contributed by atoms with Crippen LogP contribution in [0.3, 0.4) is 0 Å². The van der Waals surface area contributed by atoms with Gasteiger partial charge in [0.15, 0.2) is 15.2 Å². The van der Waals surface area contributed by atoms with E-state index in [0.717, 1.165) is 6.92 Å². The third-order valence-electron chi connectivity index (χ3n) is 2.95. The van der Waals surface area contributed by atoms with E-state index in [1.54, 1.807) is 0 Å². The minimum absolute atomic E-state index is 0.152. The summed E-state index contributed by atoms with van der Waals surface area (Å²) in [4.78, 5) is 34.2. The Balaban J connectivity index is 2.47. The normalized spacial score (nSPS) is 27.7. The van der Waals surface area contributed by atoms with E-state index in [0.29, 0.717) is 4.90 Å². The van der Waals surface area contributed by atoms with Gasteiger partial charge < -0.3 is 9.84 Å². The van der Waals surface area contributed by atoms with Gasteiger partial charge in [-0.1, -0.05) is 0 Å². The summed E-state index contributed by atoms with van der Waals surface area (Å²) in [6.45, 7) is 0.602. The van der Waals surface area contributed by atoms with Crippen molar-refractivity contribution in [1.82, 2.24) is 4.90 Å². The van der Waals surface area contributed by atoms with E-state index in [4.69, 9.17) is 16.7 Å². The third-order valence-corrected chi connectivity index (χ3v) is 5.49. The molecule has 2 atom stereocenters. The summed E-state index contributed by atoms with van der Waals surface area (Å²) in [5.41, 5.74) is -0.631. The Kier molecular flexibility index (Phi) is 3.51. The van der Waals surface area contributed by atoms with E-state index in [1.165, 1.54) is 0 Å². The Morgan fingerprint density at radius 2 is 2.10 bits per heavy atom. The number of carboxylic acid groups (broad SMARTS) is 1. The molecular formula is C10H10ClNO7S. The van der Waals surface area contributed by atoms with Crippen LogP contribution in [0.1, 0.15) is 6.92 Å². The van der Waals surface area contributed by atoms with E-state index in [9.17, 15) is 22.8 Å². The largest absolute Gasteiger partial charge is 0.477 e. The minimum atomic E-state index is -3.81. The summed E-state index contributed by atoms with van der Waals surface area (Å²) in [6, 6.07) is 0. The highest BCUT2D eigenvalue weighted by Crippen LogP contribution is 2.39. The Bertz CT molecular complexity index is 638. The second-order valence-corrected chi connectivity index (χ2v) is 6.91. The van der Waals surface area contributed by atoms with Crippen LogP contribution in [0.5, 0.6) is 0 Å². The number of amides is 1. The first-order valence-corrected chi connectivity index (χ1v) is 7.59. The molecular weight excluding hydrogens is 314 g/mol. The summed E-state index contributed by atoms with van der Waals surface area (Å²) in [5.74, 6) is -3.56. The molecule has 2 aliphatic rings. The molecule has 0 unspecified atom stereocenters. The van der Waals surface area contributed by atoms with Crippen molar-refractivity contribution in [3.8, 4) is 0 Å². The smallest absolute Gasteiger partial charge is 0.352 e. The lowest BCUT2D eigenvalue weighted by Gasteiger charge is -2.46. The van der Waals surface area contributed by atoms with Crippen LogP contribution in [-0.4, -0.2) is 59.4 Å². The van der Waals surface area contributed by atoms with Gasteiger partial charge >= 0.3 is 11.9 Å². The fourth-order valence-corrected chi connectivity index (χ4v) is 4.70. The number of carbonyl (C=O) groups is 3. The first kappa shape index (κ1) is 14.8. The van der Waals surface area contributed by atoms with Crippen LogP contribution in [0.15, 0.2) is 11.3 Å². The zero-order valence-electron chi connectivity index (χ0n) is 10.2. The molecule has 0 aliphatic carbocycles. The number of hydrogen-bond acceptors (Lipinski definition) is 6. The van der Waals surface area contributed by atoms with Crippen LogP contribution < -0.4 is 0 Å². The second kappa shape index (κ2) is 4.74. The van der Waals surface area contributed by atoms with Crippen LogP contribution in [0, 0.1) is 0 Å². The van der Waals surface area contributed by atoms with Crippen molar-refractivity contribution >= 4 is 39.3 Å². The molecule has 0 aromatic carbocycles. The number of rotatable bonds is 3. The Morgan fingerprint density at radius 3 is 2.60 bits per heavy atom. The molecule has 0 aromatic heterocycles. The van der Waals surface area contributed by atoms with Crippen LogP contribution in [0.2, 0.25) is 0 Å². The maximum absolute atomic E-state index is 12.0. The average molecular weight is 324 g/mol. The van der Waals surface area contributed by atoms with Gasteiger partial charge in [0.2, 0.25) is 5.91 Å². The number of carbonyl (C=O) groups excluding carboxylic acids is 2. The van der Waals surface area contributed by atoms with E-state index >= 15 is 0 Å². The molecule has 1 saturated heterocycles. The van der Waals surface area contributed by atoms with E-state index in [-0.39, 0.29) is 5.57 Å². The number of nitrogens with zero attached hydrogens (tertiary/aromatic N) is 1. The van der Waals surface area contributed by atoms with Gasteiger partial charge in [-0.25, -0.2) is 13.2 Å². The Hall–Kier alpha value is -1.61. The summed E-state index contributed by atoms with van der Waals surface area (Å²) in [7, 11) is -3.81. The first-order chi connectivity index (χ1) is 9.16. The standard InChI is InChI=1S/C10H10ClNO7S/c1-4(13)19-2-5-3-20(17,18)9-6(11)8(14)12(9)7(5)10(15)16/h6,9H,2-3H2,1H3,(H,15,16)/t6-,9-/m0/s1. The van der Waals surface area contributed by atoms with Gasteiger partial charge in [-0.15, -0.1) is 11.6 Å². The first-order valence-electron chi connectivity index (χ1n) is 5.44. The molecule has 1 fully saturated rings. The number of sulfone groups is 1. The predicted molar refractivity (Wildman–Crippen MR) is 65.4 cm³/mol. The van der Waals surface area contributed by atoms with Crippen molar-refractivity contribution in [3.05, 3.63) is 11.3 Å². The molecule has 2 heterocycles. The summed E-state index contributed by atoms with van der Waals surface area (Å²) >= 11 is 5.63. The summed E-state index contributed by atoms with van der Waals surface area (Å²) < 4.78 is 28.6. The van der Waals surface area contributed by atoms with Crippen molar-refractivity contribution < 1.29 is 32.6 Å². The highest BCUT2D eigenvalue weighted by molar-refractivity contribution is 7.92. The topological polar surface area (TPSA) is 118 Å². The molecule has 0 aromatic rings. The van der Waals surface area contributed by atoms with Crippen molar-refractivity contribution in [3.63, 3.8) is 0 Å². The van der Waals surface area contributed by atoms with Gasteiger partial charge in [-0.05, 0) is 0 Å². The predicted octanol–water partition coefficient (Wildman–Crippen LogP) is -0.908. The molecule has 1 N–H and O–H groups in total. The number of alkyl halides is 1. The number of aliphatic carboxylic acids is 1. The molecule has 20 heavy (non-hydrogen) atoms. The maximum Gasteiger partial charge on any atom is 0.352 e. The van der Waals surface area contributed by atoms with E-state index in [1.807, 2.05) is 0 Å². The molecule has 1 amide bonds. The average Bonchev–Trinajstić information content (AvgIpc) is 2.32. The molecule has 2 rings (SSSR count). The molecule has 110 valence electrons. The number of esters is 1. The number of ether oxygens (including phenoxy) is 1. The van der Waals surface area contributed by atoms with Gasteiger partial charge in [-0.3, -0.25) is 14.5 Å². The zero-order chi connectivity index (χ0) is 15.2. The van der Waals surface area contributed by atoms with Gasteiger partial charge in [0.05, 0.1) is 5.75 Å². The lowest BCUT2D eigenvalue weighted by atomic mass is 10.1. The van der Waals surface area contributed by atoms with Crippen LogP contribution in [0.4, 0.5) is 0 Å². The van der Waals surface area contributed by atoms with Crippen LogP contribution >= 0.6 is 11.6 Å². The van der Waals surface area contributed by atoms with E-state index in [2.05, 4.69) is 4.74 Å². The van der Waals surface area contributed by atoms with Gasteiger partial charge in [0.1, 0.15) is 17.7 Å². The molecule has 10 heteroatoms.